The van der Waals surface area contributed by atoms with Gasteiger partial charge in [-0.2, -0.15) is 26.4 Å². The van der Waals surface area contributed by atoms with Crippen LogP contribution in [0.25, 0.3) is 11.2 Å². The van der Waals surface area contributed by atoms with Crippen LogP contribution in [0.3, 0.4) is 0 Å². The van der Waals surface area contributed by atoms with Crippen molar-refractivity contribution in [2.45, 2.75) is 123 Å². The van der Waals surface area contributed by atoms with Gasteiger partial charge in [0.1, 0.15) is 29.8 Å². The summed E-state index contributed by atoms with van der Waals surface area (Å²) in [4.78, 5) is 55.7. The Morgan fingerprint density at radius 2 is 1.59 bits per heavy atom. The second-order valence-corrected chi connectivity index (χ2v) is 27.7. The zero-order chi connectivity index (χ0) is 67.7. The fraction of sp³-hybridized carbons (Fsp3) is 0.359. The Labute approximate surface area is 581 Å². The maximum absolute atomic E-state index is 13.7. The fourth-order valence-electron chi connectivity index (χ4n) is 11.3. The molecule has 3 aliphatic rings. The minimum atomic E-state index is -4.53. The van der Waals surface area contributed by atoms with E-state index in [2.05, 4.69) is 55.4 Å². The number of carbonyl (C=O) groups is 2. The number of hydrogen-bond acceptors (Lipinski definition) is 17. The number of aromatic nitrogens is 4. The number of allylic oxidation sites excluding steroid dienone is 7. The number of hydrogen-bond donors (Lipinski definition) is 7. The normalized spacial score (nSPS) is 17.0. The molecule has 92 heavy (non-hydrogen) atoms. The van der Waals surface area contributed by atoms with Crippen LogP contribution in [-0.4, -0.2) is 117 Å². The van der Waals surface area contributed by atoms with E-state index < -0.39 is 118 Å². The summed E-state index contributed by atoms with van der Waals surface area (Å²) < 4.78 is 148. The van der Waals surface area contributed by atoms with E-state index in [1.165, 1.54) is 18.3 Å². The van der Waals surface area contributed by atoms with Gasteiger partial charge in [0.25, 0.3) is 31.7 Å². The fourth-order valence-corrected chi connectivity index (χ4v) is 13.1. The maximum Gasteiger partial charge on any atom is 0.326 e. The third-order valence-electron chi connectivity index (χ3n) is 15.7. The van der Waals surface area contributed by atoms with Gasteiger partial charge in [0.05, 0.1) is 45.2 Å². The van der Waals surface area contributed by atoms with Crippen LogP contribution in [0.1, 0.15) is 129 Å². The Bertz CT molecular complexity index is 4580. The molecule has 0 saturated heterocycles. The van der Waals surface area contributed by atoms with Crippen molar-refractivity contribution in [1.29, 1.82) is 0 Å². The molecule has 0 spiro atoms. The van der Waals surface area contributed by atoms with E-state index in [1.54, 1.807) is 36.4 Å². The number of carboxylic acid groups (broad SMARTS) is 1. The molecular weight excluding hydrogens is 1490 g/mol. The van der Waals surface area contributed by atoms with Gasteiger partial charge in [0.2, 0.25) is 11.6 Å². The second kappa shape index (κ2) is 30.6. The Kier molecular flexibility index (Phi) is 22.7. The Hall–Kier alpha value is -6.61. The second-order valence-electron chi connectivity index (χ2n) is 23.2. The van der Waals surface area contributed by atoms with Crippen LogP contribution in [0.15, 0.2) is 143 Å². The minimum absolute atomic E-state index is 0. The molecule has 8 N–H and O–H groups in total. The predicted molar refractivity (Wildman–Crippen MR) is 344 cm³/mol. The summed E-state index contributed by atoms with van der Waals surface area (Å²) in [5, 5.41) is 16.0. The molecule has 0 bridgehead atoms. The van der Waals surface area contributed by atoms with Gasteiger partial charge in [-0.25, -0.2) is 23.2 Å². The van der Waals surface area contributed by atoms with Gasteiger partial charge in [0, 0.05) is 125 Å². The third-order valence-corrected chi connectivity index (χ3v) is 18.0. The van der Waals surface area contributed by atoms with Gasteiger partial charge in [-0.3, -0.25) is 23.7 Å². The SMILES string of the molecule is C.[2H]c1c([2H])c(OC2=C(/C=C/C3=[N+](CCCCS(=O)(=O)[O-])c4ccc(CS(=O)(=O)O)cc4C3(C)C)CCC/C2=C\C=C2\N(CCCCS(=O)(=O)O)c3ccc(C)cc3C2(C)C)c([2H])c([2H])c1C[C@H](NC(=O)c1ccc(NCc2cnc3nc(N)[nH]c(=O)c3n2)cc1)C(=O)O.[W].[Y]. The first-order chi connectivity index (χ1) is 43.6. The number of fused-ring (bicyclic) bond motifs is 3. The zero-order valence-electron chi connectivity index (χ0n) is 54.5. The number of benzene rings is 4. The predicted octanol–water partition coefficient (Wildman–Crippen LogP) is 8.71. The van der Waals surface area contributed by atoms with Crippen molar-refractivity contribution in [3.63, 3.8) is 0 Å². The molecule has 4 heterocycles. The largest absolute Gasteiger partial charge is 0.748 e. The first kappa shape index (κ1) is 68.3. The number of ether oxygens (including phenoxy) is 1. The van der Waals surface area contributed by atoms with Crippen LogP contribution in [0, 0.1) is 6.92 Å². The van der Waals surface area contributed by atoms with Gasteiger partial charge < -0.3 is 35.7 Å². The molecule has 0 fully saturated rings. The number of aliphatic carboxylic acids is 1. The number of nitrogens with one attached hydrogen (secondary N) is 3. The van der Waals surface area contributed by atoms with Crippen molar-refractivity contribution in [1.82, 2.24) is 25.3 Å². The minimum Gasteiger partial charge on any atom is -0.748 e. The van der Waals surface area contributed by atoms with Crippen LogP contribution in [0.4, 0.5) is 23.0 Å². The summed E-state index contributed by atoms with van der Waals surface area (Å²) in [6, 6.07) is 12.6. The average molecular weight is 1570 g/mol. The van der Waals surface area contributed by atoms with Crippen LogP contribution in [0.5, 0.6) is 5.75 Å². The molecule has 6 aromatic rings. The molecule has 2 aromatic heterocycles. The molecule has 1 aliphatic carbocycles. The number of anilines is 3. The number of rotatable bonds is 25. The Morgan fingerprint density at radius 3 is 2.26 bits per heavy atom. The number of H-pyrrole nitrogens is 1. The van der Waals surface area contributed by atoms with Crippen LogP contribution < -0.4 is 31.6 Å². The number of nitrogen functional groups attached to an aromatic ring is 1. The van der Waals surface area contributed by atoms with Crippen molar-refractivity contribution >= 4 is 82.1 Å². The first-order valence-corrected chi connectivity index (χ1v) is 33.4. The molecule has 487 valence electrons. The molecule has 9 rings (SSSR count). The van der Waals surface area contributed by atoms with Crippen LogP contribution in [0.2, 0.25) is 0 Å². The molecular formula is C64H75N9O14S3WY. The third kappa shape index (κ3) is 18.6. The number of aromatic amines is 1. The topological polar surface area (TPSA) is 357 Å². The summed E-state index contributed by atoms with van der Waals surface area (Å²) in [5.74, 6) is -4.46. The molecule has 1 atom stereocenters. The standard InChI is InChI=1S/C63H71N9O14S3.CH4.W.Y/c1-39-13-25-51-48(33-39)62(2,3)53(71(51)29-6-8-31-87(77,78)79)27-19-42-11-10-12-43(20-28-54-63(4,5)49-34-41(38-89(83,84)85)16-26-52(49)72(54)30-7-9-32-88(80,81)82)56(42)86-47-23-14-40(15-24-47)35-50(60(75)76)68-58(73)44-17-21-45(22-18-44)65-36-46-37-66-57-55(67-46)59(74)70-61(64)69-57;;;/h13-28,33-34,37,50H,6-12,29-32,35-36,38H2,1-5H3,(H8-,64,65,66,68,69,70,73,74,75,76,77,78,79,80,81,82,83,84,85);1H4;;/t50-;;;/m0.../s1/i14D,15D,23D,24D;;;. The molecule has 1 radical (unpaired) electrons. The van der Waals surface area contributed by atoms with E-state index in [1.807, 2.05) is 55.7 Å². The summed E-state index contributed by atoms with van der Waals surface area (Å²) in [6.07, 6.45) is 10.3. The van der Waals surface area contributed by atoms with E-state index in [4.69, 9.17) is 10.5 Å². The van der Waals surface area contributed by atoms with Crippen molar-refractivity contribution in [3.8, 4) is 5.75 Å². The van der Waals surface area contributed by atoms with E-state index >= 15 is 0 Å². The van der Waals surface area contributed by atoms with E-state index in [0.29, 0.717) is 77.3 Å². The summed E-state index contributed by atoms with van der Waals surface area (Å²) >= 11 is 0. The van der Waals surface area contributed by atoms with Crippen molar-refractivity contribution in [3.05, 3.63) is 187 Å². The number of carbonyl (C=O) groups excluding carboxylic acids is 1. The van der Waals surface area contributed by atoms with E-state index in [-0.39, 0.29) is 128 Å². The maximum atomic E-state index is 13.7. The molecule has 2 aliphatic heterocycles. The molecule has 1 amide bonds. The molecule has 28 heteroatoms. The average Bonchev–Trinajstić information content (AvgIpc) is 1.52. The molecule has 23 nitrogen and oxygen atoms in total. The number of carboxylic acids is 1. The van der Waals surface area contributed by atoms with Gasteiger partial charge in [-0.15, -0.1) is 0 Å². The summed E-state index contributed by atoms with van der Waals surface area (Å²) in [7, 11) is -13.2. The Morgan fingerprint density at radius 1 is 0.880 bits per heavy atom. The molecule has 0 unspecified atom stereocenters. The summed E-state index contributed by atoms with van der Waals surface area (Å²) in [6.45, 7) is 10.6. The zero-order valence-corrected chi connectivity index (χ0v) is 58.7. The van der Waals surface area contributed by atoms with Gasteiger partial charge in [-0.05, 0) is 148 Å². The van der Waals surface area contributed by atoms with Crippen LogP contribution in [-0.2, 0) is 118 Å². The smallest absolute Gasteiger partial charge is 0.326 e. The van der Waals surface area contributed by atoms with Gasteiger partial charge in [-0.1, -0.05) is 63.2 Å². The summed E-state index contributed by atoms with van der Waals surface area (Å²) in [5.41, 5.74) is 11.4. The van der Waals surface area contributed by atoms with Gasteiger partial charge >= 0.3 is 5.97 Å². The van der Waals surface area contributed by atoms with Crippen LogP contribution >= 0.6 is 0 Å². The monoisotopic (exact) mass is 1570 g/mol. The molecule has 0 saturated carbocycles. The first-order valence-electron chi connectivity index (χ1n) is 30.6. The van der Waals surface area contributed by atoms with Crippen molar-refractivity contribution in [2.75, 3.05) is 40.5 Å². The van der Waals surface area contributed by atoms with E-state index in [0.717, 1.165) is 22.5 Å². The number of nitrogens with two attached hydrogens (primary N) is 1. The van der Waals surface area contributed by atoms with Crippen molar-refractivity contribution < 1.29 is 122 Å². The number of nitrogens with zero attached hydrogens (tertiary/aromatic N) is 5. The quantitative estimate of drug-likeness (QED) is 0.0160. The van der Waals surface area contributed by atoms with Gasteiger partial charge in [0.15, 0.2) is 16.9 Å². The van der Waals surface area contributed by atoms with Crippen molar-refractivity contribution in [2.24, 2.45) is 0 Å². The number of amides is 1. The molecule has 4 aromatic carbocycles. The Balaban J connectivity index is 0.00000486. The number of aryl methyl sites for hydroxylation is 1. The van der Waals surface area contributed by atoms with E-state index in [9.17, 15) is 63.9 Å². The number of unbranched alkanes of at least 4 members (excludes halogenated alkanes) is 2.